The molecule has 0 rings (SSSR count). The number of unbranched alkanes of at least 4 members (excludes halogenated alkanes) is 21. The second-order valence-electron chi connectivity index (χ2n) is 14.3. The molecule has 50 heavy (non-hydrogen) atoms. The van der Waals surface area contributed by atoms with Crippen LogP contribution in [0.4, 0.5) is 0 Å². The number of amides is 1. The smallest absolute Gasteiger partial charge is 0.305 e. The molecule has 3 N–H and O–H groups in total. The predicted octanol–water partition coefficient (Wildman–Crippen LogP) is 11.8. The van der Waals surface area contributed by atoms with Crippen LogP contribution in [0.15, 0.2) is 36.5 Å². The molecule has 1 amide bonds. The van der Waals surface area contributed by atoms with Gasteiger partial charge in [0.25, 0.3) is 0 Å². The van der Waals surface area contributed by atoms with E-state index in [9.17, 15) is 19.8 Å². The van der Waals surface area contributed by atoms with Gasteiger partial charge in [-0.15, -0.1) is 0 Å². The molecule has 0 aliphatic rings. The molecule has 0 aromatic rings. The van der Waals surface area contributed by atoms with E-state index in [4.69, 9.17) is 4.74 Å². The van der Waals surface area contributed by atoms with Gasteiger partial charge in [0.15, 0.2) is 0 Å². The van der Waals surface area contributed by atoms with Crippen LogP contribution < -0.4 is 5.32 Å². The zero-order chi connectivity index (χ0) is 36.6. The summed E-state index contributed by atoms with van der Waals surface area (Å²) >= 11 is 0. The summed E-state index contributed by atoms with van der Waals surface area (Å²) in [7, 11) is 0. The first-order chi connectivity index (χ1) is 24.5. The number of hydrogen-bond donors (Lipinski definition) is 3. The van der Waals surface area contributed by atoms with Crippen molar-refractivity contribution in [3.8, 4) is 0 Å². The summed E-state index contributed by atoms with van der Waals surface area (Å²) in [6, 6.07) is -0.578. The molecule has 0 saturated carbocycles. The van der Waals surface area contributed by atoms with Gasteiger partial charge in [0.2, 0.25) is 5.91 Å². The van der Waals surface area contributed by atoms with E-state index in [1.807, 2.05) is 0 Å². The quantitative estimate of drug-likeness (QED) is 0.0338. The average molecular weight is 704 g/mol. The Balaban J connectivity index is 3.57. The lowest BCUT2D eigenvalue weighted by Crippen LogP contribution is -2.45. The summed E-state index contributed by atoms with van der Waals surface area (Å²) < 4.78 is 5.41. The van der Waals surface area contributed by atoms with Crippen LogP contribution in [-0.4, -0.2) is 47.4 Å². The molecule has 6 nitrogen and oxygen atoms in total. The van der Waals surface area contributed by atoms with Crippen molar-refractivity contribution in [3.63, 3.8) is 0 Å². The summed E-state index contributed by atoms with van der Waals surface area (Å²) in [4.78, 5) is 24.3. The first-order valence-corrected chi connectivity index (χ1v) is 21.2. The standard InChI is InChI=1S/C44H81NO5/c1-3-5-7-9-11-13-14-15-16-17-18-22-26-30-34-38-44(49)50-39-35-31-27-23-19-21-25-29-33-37-43(48)45-41(40-46)42(47)36-32-28-24-20-12-10-8-6-4-2/h11,13,15-16,21,25,41-42,46-47H,3-10,12,14,17-20,22-24,26-40H2,1-2H3,(H,45,48)/b13-11-,16-15-,25-21-. The van der Waals surface area contributed by atoms with Crippen molar-refractivity contribution < 1.29 is 24.5 Å². The molecule has 6 heteroatoms. The molecule has 2 atom stereocenters. The normalized spacial score (nSPS) is 13.1. The minimum atomic E-state index is -0.693. The lowest BCUT2D eigenvalue weighted by molar-refractivity contribution is -0.143. The highest BCUT2D eigenvalue weighted by Crippen LogP contribution is 2.13. The topological polar surface area (TPSA) is 95.9 Å². The van der Waals surface area contributed by atoms with E-state index in [-0.39, 0.29) is 18.5 Å². The zero-order valence-electron chi connectivity index (χ0n) is 32.9. The molecule has 0 spiro atoms. The maximum Gasteiger partial charge on any atom is 0.305 e. The highest BCUT2D eigenvalue weighted by Gasteiger charge is 2.19. The fourth-order valence-corrected chi connectivity index (χ4v) is 6.08. The van der Waals surface area contributed by atoms with Gasteiger partial charge in [-0.1, -0.05) is 153 Å². The molecule has 0 aromatic carbocycles. The minimum absolute atomic E-state index is 0.0514. The van der Waals surface area contributed by atoms with Gasteiger partial charge in [0, 0.05) is 12.8 Å². The largest absolute Gasteiger partial charge is 0.466 e. The van der Waals surface area contributed by atoms with Gasteiger partial charge >= 0.3 is 5.97 Å². The van der Waals surface area contributed by atoms with Gasteiger partial charge < -0.3 is 20.3 Å². The van der Waals surface area contributed by atoms with Crippen molar-refractivity contribution in [3.05, 3.63) is 36.5 Å². The highest BCUT2D eigenvalue weighted by molar-refractivity contribution is 5.76. The lowest BCUT2D eigenvalue weighted by Gasteiger charge is -2.22. The van der Waals surface area contributed by atoms with Crippen LogP contribution in [0.1, 0.15) is 206 Å². The summed E-state index contributed by atoms with van der Waals surface area (Å²) in [6.07, 6.45) is 45.3. The third-order valence-corrected chi connectivity index (χ3v) is 9.41. The monoisotopic (exact) mass is 704 g/mol. The van der Waals surface area contributed by atoms with Crippen LogP contribution in [-0.2, 0) is 14.3 Å². The van der Waals surface area contributed by atoms with E-state index >= 15 is 0 Å². The van der Waals surface area contributed by atoms with Gasteiger partial charge in [-0.25, -0.2) is 0 Å². The Morgan fingerprint density at radius 2 is 1.02 bits per heavy atom. The molecular weight excluding hydrogens is 622 g/mol. The number of esters is 1. The summed E-state index contributed by atoms with van der Waals surface area (Å²) in [5.74, 6) is -0.153. The highest BCUT2D eigenvalue weighted by atomic mass is 16.5. The summed E-state index contributed by atoms with van der Waals surface area (Å²) in [6.45, 7) is 4.78. The van der Waals surface area contributed by atoms with Crippen molar-refractivity contribution in [2.45, 2.75) is 219 Å². The Kier molecular flexibility index (Phi) is 38.3. The summed E-state index contributed by atoms with van der Waals surface area (Å²) in [5, 5.41) is 22.9. The van der Waals surface area contributed by atoms with Crippen molar-refractivity contribution in [2.75, 3.05) is 13.2 Å². The molecule has 0 saturated heterocycles. The van der Waals surface area contributed by atoms with E-state index in [0.29, 0.717) is 25.9 Å². The molecule has 0 heterocycles. The number of ether oxygens (including phenoxy) is 1. The van der Waals surface area contributed by atoms with E-state index in [2.05, 4.69) is 55.6 Å². The Labute approximate surface area is 309 Å². The fourth-order valence-electron chi connectivity index (χ4n) is 6.08. The number of rotatable bonds is 38. The molecule has 0 aliphatic heterocycles. The minimum Gasteiger partial charge on any atom is -0.466 e. The van der Waals surface area contributed by atoms with Crippen molar-refractivity contribution in [1.82, 2.24) is 5.32 Å². The molecule has 2 unspecified atom stereocenters. The van der Waals surface area contributed by atoms with Gasteiger partial charge in [0.05, 0.1) is 25.4 Å². The number of aliphatic hydroxyl groups is 2. The van der Waals surface area contributed by atoms with Gasteiger partial charge in [-0.2, -0.15) is 0 Å². The molecule has 0 aromatic heterocycles. The molecule has 0 fully saturated rings. The third-order valence-electron chi connectivity index (χ3n) is 9.41. The molecule has 292 valence electrons. The number of allylic oxidation sites excluding steroid dienone is 6. The van der Waals surface area contributed by atoms with Gasteiger partial charge in [-0.3, -0.25) is 9.59 Å². The maximum atomic E-state index is 12.3. The Morgan fingerprint density at radius 1 is 0.560 bits per heavy atom. The van der Waals surface area contributed by atoms with Crippen molar-refractivity contribution in [2.24, 2.45) is 0 Å². The lowest BCUT2D eigenvalue weighted by atomic mass is 10.0. The van der Waals surface area contributed by atoms with Crippen LogP contribution in [0.2, 0.25) is 0 Å². The van der Waals surface area contributed by atoms with Crippen LogP contribution in [0, 0.1) is 0 Å². The van der Waals surface area contributed by atoms with E-state index < -0.39 is 12.1 Å². The Morgan fingerprint density at radius 3 is 1.62 bits per heavy atom. The SMILES string of the molecule is CCCCC/C=C\C/C=C\CCCCCCCC(=O)OCCCCCC/C=C\CCCC(=O)NC(CO)C(O)CCCCCCCCCCC. The average Bonchev–Trinajstić information content (AvgIpc) is 3.11. The van der Waals surface area contributed by atoms with Crippen molar-refractivity contribution in [1.29, 1.82) is 0 Å². The van der Waals surface area contributed by atoms with Crippen LogP contribution in [0.5, 0.6) is 0 Å². The number of nitrogens with one attached hydrogen (secondary N) is 1. The number of aliphatic hydroxyl groups excluding tert-OH is 2. The molecule has 0 radical (unpaired) electrons. The number of carbonyl (C=O) groups is 2. The van der Waals surface area contributed by atoms with Gasteiger partial charge in [-0.05, 0) is 77.0 Å². The number of hydrogen-bond acceptors (Lipinski definition) is 5. The first kappa shape index (κ1) is 48.1. The second-order valence-corrected chi connectivity index (χ2v) is 14.3. The number of carbonyl (C=O) groups excluding carboxylic acids is 2. The Hall–Kier alpha value is -1.92. The maximum absolute atomic E-state index is 12.3. The first-order valence-electron chi connectivity index (χ1n) is 21.2. The van der Waals surface area contributed by atoms with Gasteiger partial charge in [0.1, 0.15) is 0 Å². The fraction of sp³-hybridized carbons (Fsp3) is 0.818. The molecule has 0 bridgehead atoms. The molecular formula is C44H81NO5. The molecule has 0 aliphatic carbocycles. The van der Waals surface area contributed by atoms with Crippen LogP contribution in [0.25, 0.3) is 0 Å². The Bertz CT molecular complexity index is 823. The van der Waals surface area contributed by atoms with Crippen molar-refractivity contribution >= 4 is 11.9 Å². The van der Waals surface area contributed by atoms with E-state index in [0.717, 1.165) is 83.5 Å². The predicted molar refractivity (Wildman–Crippen MR) is 213 cm³/mol. The van der Waals surface area contributed by atoms with E-state index in [1.165, 1.54) is 89.9 Å². The third kappa shape index (κ3) is 35.9. The zero-order valence-corrected chi connectivity index (χ0v) is 32.9. The van der Waals surface area contributed by atoms with Crippen LogP contribution in [0.3, 0.4) is 0 Å². The van der Waals surface area contributed by atoms with Crippen LogP contribution >= 0.6 is 0 Å². The second kappa shape index (κ2) is 39.9. The van der Waals surface area contributed by atoms with E-state index in [1.54, 1.807) is 0 Å². The summed E-state index contributed by atoms with van der Waals surface area (Å²) in [5.41, 5.74) is 0.